The van der Waals surface area contributed by atoms with Crippen molar-refractivity contribution in [3.63, 3.8) is 0 Å². The molecule has 0 spiro atoms. The van der Waals surface area contributed by atoms with E-state index in [1.807, 2.05) is 0 Å². The van der Waals surface area contributed by atoms with E-state index in [2.05, 4.69) is 19.6 Å². The van der Waals surface area contributed by atoms with E-state index in [1.54, 1.807) is 0 Å². The second-order valence-corrected chi connectivity index (χ2v) is 5.73. The molecule has 0 saturated heterocycles. The molecule has 0 bridgehead atoms. The lowest BCUT2D eigenvalue weighted by Gasteiger charge is -2.47. The van der Waals surface area contributed by atoms with Gasteiger partial charge in [-0.05, 0) is 60.5 Å². The zero-order chi connectivity index (χ0) is 12.5. The molecular weight excluding hydrogens is 212 g/mol. The molecule has 0 aliphatic heterocycles. The summed E-state index contributed by atoms with van der Waals surface area (Å²) in [4.78, 5) is 22.0. The molecule has 0 aromatic rings. The minimum Gasteiger partial charge on any atom is -0.298 e. The molecule has 0 N–H and O–H groups in total. The Bertz CT molecular complexity index is 380. The van der Waals surface area contributed by atoms with Crippen LogP contribution in [0.15, 0.2) is 23.8 Å². The maximum Gasteiger partial charge on any atom is 0.146 e. The Morgan fingerprint density at radius 2 is 2.24 bits per heavy atom. The van der Waals surface area contributed by atoms with Crippen LogP contribution in [0.25, 0.3) is 0 Å². The highest BCUT2D eigenvalue weighted by Crippen LogP contribution is 2.52. The van der Waals surface area contributed by atoms with Gasteiger partial charge in [-0.1, -0.05) is 19.6 Å². The van der Waals surface area contributed by atoms with Gasteiger partial charge < -0.3 is 0 Å². The summed E-state index contributed by atoms with van der Waals surface area (Å²) in [6.07, 6.45) is 9.19. The van der Waals surface area contributed by atoms with Crippen LogP contribution in [0.1, 0.15) is 39.0 Å². The molecule has 0 aromatic carbocycles. The summed E-state index contributed by atoms with van der Waals surface area (Å²) in [6.45, 7) is 6.12. The summed E-state index contributed by atoms with van der Waals surface area (Å²) in [5, 5.41) is 0. The Hall–Kier alpha value is -1.18. The van der Waals surface area contributed by atoms with Gasteiger partial charge in [0.25, 0.3) is 0 Å². The monoisotopic (exact) mass is 232 g/mol. The topological polar surface area (TPSA) is 34.1 Å². The van der Waals surface area contributed by atoms with Gasteiger partial charge in [0.1, 0.15) is 12.6 Å². The summed E-state index contributed by atoms with van der Waals surface area (Å²) in [5.74, 6) is 0.594. The Labute approximate surface area is 103 Å². The summed E-state index contributed by atoms with van der Waals surface area (Å²) >= 11 is 0. The molecule has 0 amide bonds. The first-order valence-electron chi connectivity index (χ1n) is 6.40. The standard InChI is InChI=1S/C15H20O2/c1-11(9-16)12-5-7-15(2)6-3-4-13(10-17)14(15)8-12/h4,9-10,12,14H,1,3,5-8H2,2H3. The Kier molecular flexibility index (Phi) is 3.32. The summed E-state index contributed by atoms with van der Waals surface area (Å²) < 4.78 is 0. The second-order valence-electron chi connectivity index (χ2n) is 5.73. The third-order valence-electron chi connectivity index (χ3n) is 4.74. The molecule has 2 aliphatic carbocycles. The maximum absolute atomic E-state index is 11.1. The van der Waals surface area contributed by atoms with Gasteiger partial charge in [0.15, 0.2) is 0 Å². The van der Waals surface area contributed by atoms with E-state index in [1.165, 1.54) is 0 Å². The number of aldehydes is 2. The first kappa shape index (κ1) is 12.3. The summed E-state index contributed by atoms with van der Waals surface area (Å²) in [7, 11) is 0. The fourth-order valence-corrected chi connectivity index (χ4v) is 3.48. The van der Waals surface area contributed by atoms with Crippen LogP contribution in [-0.2, 0) is 9.59 Å². The number of allylic oxidation sites excluding steroid dienone is 3. The van der Waals surface area contributed by atoms with Gasteiger partial charge in [0, 0.05) is 0 Å². The molecule has 2 nitrogen and oxygen atoms in total. The summed E-state index contributed by atoms with van der Waals surface area (Å²) in [5.41, 5.74) is 1.90. The van der Waals surface area contributed by atoms with Gasteiger partial charge in [-0.15, -0.1) is 0 Å². The first-order valence-corrected chi connectivity index (χ1v) is 6.40. The van der Waals surface area contributed by atoms with E-state index in [0.717, 1.165) is 50.2 Å². The molecule has 2 rings (SSSR count). The molecule has 2 aliphatic rings. The lowest BCUT2D eigenvalue weighted by atomic mass is 9.57. The number of rotatable bonds is 3. The lowest BCUT2D eigenvalue weighted by Crippen LogP contribution is -2.38. The van der Waals surface area contributed by atoms with Gasteiger partial charge in [-0.2, -0.15) is 0 Å². The van der Waals surface area contributed by atoms with Gasteiger partial charge >= 0.3 is 0 Å². The van der Waals surface area contributed by atoms with E-state index < -0.39 is 0 Å². The molecule has 2 heteroatoms. The number of hydrogen-bond acceptors (Lipinski definition) is 2. The van der Waals surface area contributed by atoms with E-state index in [4.69, 9.17) is 0 Å². The van der Waals surface area contributed by atoms with Crippen LogP contribution in [0.2, 0.25) is 0 Å². The Balaban J connectivity index is 2.22. The quantitative estimate of drug-likeness (QED) is 0.553. The zero-order valence-electron chi connectivity index (χ0n) is 10.4. The van der Waals surface area contributed by atoms with E-state index >= 15 is 0 Å². The molecule has 92 valence electrons. The van der Waals surface area contributed by atoms with E-state index in [9.17, 15) is 9.59 Å². The van der Waals surface area contributed by atoms with Crippen LogP contribution >= 0.6 is 0 Å². The fourth-order valence-electron chi connectivity index (χ4n) is 3.48. The van der Waals surface area contributed by atoms with Crippen LogP contribution < -0.4 is 0 Å². The van der Waals surface area contributed by atoms with E-state index in [-0.39, 0.29) is 11.3 Å². The number of carbonyl (C=O) groups is 2. The predicted molar refractivity (Wildman–Crippen MR) is 67.5 cm³/mol. The van der Waals surface area contributed by atoms with Crippen molar-refractivity contribution in [2.24, 2.45) is 17.3 Å². The van der Waals surface area contributed by atoms with Crippen LogP contribution in [0.5, 0.6) is 0 Å². The third kappa shape index (κ3) is 2.13. The van der Waals surface area contributed by atoms with Gasteiger partial charge in [-0.25, -0.2) is 0 Å². The number of fused-ring (bicyclic) bond motifs is 1. The fraction of sp³-hybridized carbons (Fsp3) is 0.600. The Morgan fingerprint density at radius 1 is 1.47 bits per heavy atom. The lowest BCUT2D eigenvalue weighted by molar-refractivity contribution is -0.106. The highest BCUT2D eigenvalue weighted by Gasteiger charge is 2.43. The van der Waals surface area contributed by atoms with Gasteiger partial charge in [-0.3, -0.25) is 9.59 Å². The normalized spacial score (nSPS) is 36.6. The van der Waals surface area contributed by atoms with Crippen LogP contribution in [0, 0.1) is 17.3 Å². The average molecular weight is 232 g/mol. The molecule has 17 heavy (non-hydrogen) atoms. The zero-order valence-corrected chi connectivity index (χ0v) is 10.4. The Morgan fingerprint density at radius 3 is 2.88 bits per heavy atom. The SMILES string of the molecule is C=C(C=O)C1CCC2(C)CCC=C(C=O)C2C1. The van der Waals surface area contributed by atoms with Crippen molar-refractivity contribution in [3.05, 3.63) is 23.8 Å². The van der Waals surface area contributed by atoms with Crippen molar-refractivity contribution in [2.75, 3.05) is 0 Å². The molecule has 0 heterocycles. The average Bonchev–Trinajstić information content (AvgIpc) is 2.35. The van der Waals surface area contributed by atoms with Gasteiger partial charge in [0.05, 0.1) is 0 Å². The van der Waals surface area contributed by atoms with Crippen LogP contribution in [-0.4, -0.2) is 12.6 Å². The minimum atomic E-state index is 0.255. The largest absolute Gasteiger partial charge is 0.298 e. The molecule has 3 unspecified atom stereocenters. The number of carbonyl (C=O) groups excluding carboxylic acids is 2. The van der Waals surface area contributed by atoms with Crippen LogP contribution in [0.4, 0.5) is 0 Å². The molecule has 1 saturated carbocycles. The third-order valence-corrected chi connectivity index (χ3v) is 4.74. The predicted octanol–water partition coefficient (Wildman–Crippen LogP) is 3.08. The molecule has 0 radical (unpaired) electrons. The highest BCUT2D eigenvalue weighted by atomic mass is 16.1. The minimum absolute atomic E-state index is 0.255. The van der Waals surface area contributed by atoms with E-state index in [0.29, 0.717) is 11.5 Å². The summed E-state index contributed by atoms with van der Waals surface area (Å²) in [6, 6.07) is 0. The molecule has 3 atom stereocenters. The highest BCUT2D eigenvalue weighted by molar-refractivity contribution is 5.75. The molecule has 0 aromatic heterocycles. The van der Waals surface area contributed by atoms with Crippen molar-refractivity contribution < 1.29 is 9.59 Å². The van der Waals surface area contributed by atoms with Gasteiger partial charge in [0.2, 0.25) is 0 Å². The molecule has 1 fully saturated rings. The first-order chi connectivity index (χ1) is 8.10. The van der Waals surface area contributed by atoms with Crippen molar-refractivity contribution >= 4 is 12.6 Å². The van der Waals surface area contributed by atoms with Crippen LogP contribution in [0.3, 0.4) is 0 Å². The second kappa shape index (κ2) is 4.59. The number of hydrogen-bond donors (Lipinski definition) is 0. The van der Waals surface area contributed by atoms with Crippen molar-refractivity contribution in [2.45, 2.75) is 39.0 Å². The molecular formula is C15H20O2. The van der Waals surface area contributed by atoms with Crippen molar-refractivity contribution in [3.8, 4) is 0 Å². The van der Waals surface area contributed by atoms with Crippen molar-refractivity contribution in [1.29, 1.82) is 0 Å². The maximum atomic E-state index is 11.1. The smallest absolute Gasteiger partial charge is 0.146 e. The van der Waals surface area contributed by atoms with Crippen molar-refractivity contribution in [1.82, 2.24) is 0 Å².